The zero-order valence-corrected chi connectivity index (χ0v) is 12.9. The summed E-state index contributed by atoms with van der Waals surface area (Å²) >= 11 is 0. The molecule has 0 spiro atoms. The Hall–Kier alpha value is -2.50. The van der Waals surface area contributed by atoms with Crippen molar-refractivity contribution >= 4 is 22.7 Å². The van der Waals surface area contributed by atoms with Crippen LogP contribution in [0, 0.1) is 5.82 Å². The van der Waals surface area contributed by atoms with Crippen LogP contribution in [0.15, 0.2) is 23.1 Å². The maximum absolute atomic E-state index is 14.1. The van der Waals surface area contributed by atoms with Gasteiger partial charge in [-0.2, -0.15) is 0 Å². The van der Waals surface area contributed by atoms with Gasteiger partial charge >= 0.3 is 5.97 Å². The number of carbonyl (C=O) groups is 2. The molecule has 120 valence electrons. The topological polar surface area (TPSA) is 65.4 Å². The summed E-state index contributed by atoms with van der Waals surface area (Å²) < 4.78 is 20.8. The van der Waals surface area contributed by atoms with Gasteiger partial charge in [0.2, 0.25) is 5.43 Å². The second-order valence-electron chi connectivity index (χ2n) is 5.64. The lowest BCUT2D eigenvalue weighted by Gasteiger charge is -2.13. The van der Waals surface area contributed by atoms with E-state index in [1.54, 1.807) is 11.5 Å². The van der Waals surface area contributed by atoms with E-state index in [9.17, 15) is 18.8 Å². The smallest absolute Gasteiger partial charge is 0.343 e. The fourth-order valence-electron chi connectivity index (χ4n) is 2.65. The highest BCUT2D eigenvalue weighted by Crippen LogP contribution is 2.37. The number of benzene rings is 1. The van der Waals surface area contributed by atoms with Crippen molar-refractivity contribution < 1.29 is 18.7 Å². The highest BCUT2D eigenvalue weighted by molar-refractivity contribution is 5.99. The molecule has 0 radical (unpaired) electrons. The van der Waals surface area contributed by atoms with Crippen LogP contribution in [0.1, 0.15) is 53.4 Å². The molecule has 1 saturated carbocycles. The molecule has 0 atom stereocenters. The predicted octanol–water partition coefficient (Wildman–Crippen LogP) is 2.85. The Labute approximate surface area is 131 Å². The van der Waals surface area contributed by atoms with Crippen LogP contribution >= 0.6 is 0 Å². The van der Waals surface area contributed by atoms with E-state index in [4.69, 9.17) is 4.74 Å². The van der Waals surface area contributed by atoms with Gasteiger partial charge in [-0.3, -0.25) is 9.59 Å². The summed E-state index contributed by atoms with van der Waals surface area (Å²) in [6.45, 7) is 3.07. The third-order valence-corrected chi connectivity index (χ3v) is 3.94. The number of pyridine rings is 1. The van der Waals surface area contributed by atoms with Crippen molar-refractivity contribution in [1.29, 1.82) is 0 Å². The summed E-state index contributed by atoms with van der Waals surface area (Å²) in [6, 6.07) is 2.58. The quantitative estimate of drug-likeness (QED) is 0.642. The van der Waals surface area contributed by atoms with E-state index in [2.05, 4.69) is 0 Å². The van der Waals surface area contributed by atoms with Crippen LogP contribution in [0.2, 0.25) is 0 Å². The summed E-state index contributed by atoms with van der Waals surface area (Å²) in [5.41, 5.74) is -0.280. The Morgan fingerprint density at radius 1 is 1.30 bits per heavy atom. The number of halogens is 1. The fraction of sp³-hybridized carbons (Fsp3) is 0.353. The molecule has 0 aliphatic heterocycles. The lowest BCUT2D eigenvalue weighted by Crippen LogP contribution is -2.21. The number of hydrogen-bond acceptors (Lipinski definition) is 4. The van der Waals surface area contributed by atoms with Crippen molar-refractivity contribution in [3.05, 3.63) is 45.5 Å². The summed E-state index contributed by atoms with van der Waals surface area (Å²) in [5.74, 6) is -1.89. The zero-order chi connectivity index (χ0) is 16.7. The number of hydrogen-bond donors (Lipinski definition) is 0. The maximum atomic E-state index is 14.1. The molecular weight excluding hydrogens is 301 g/mol. The molecular formula is C17H16FNO4. The monoisotopic (exact) mass is 317 g/mol. The number of ether oxygens (including phenoxy) is 1. The second-order valence-corrected chi connectivity index (χ2v) is 5.64. The maximum Gasteiger partial charge on any atom is 0.343 e. The van der Waals surface area contributed by atoms with Crippen LogP contribution in [0.3, 0.4) is 0 Å². The van der Waals surface area contributed by atoms with Gasteiger partial charge in [0.05, 0.1) is 17.7 Å². The molecule has 1 heterocycles. The lowest BCUT2D eigenvalue weighted by molar-refractivity contribution is 0.0524. The number of fused-ring (bicyclic) bond motifs is 1. The van der Waals surface area contributed by atoms with Crippen molar-refractivity contribution in [2.24, 2.45) is 0 Å². The summed E-state index contributed by atoms with van der Waals surface area (Å²) in [4.78, 5) is 36.0. The summed E-state index contributed by atoms with van der Waals surface area (Å²) in [6.07, 6.45) is 3.28. The standard InChI is InChI=1S/C17H16FNO4/c1-3-23-17(22)13-8-19(10-4-5-10)15-7-11(9(2)20)14(18)6-12(15)16(13)21/h6-8,10H,3-5H2,1-2H3. The minimum absolute atomic E-state index is 0.0600. The average molecular weight is 317 g/mol. The molecule has 6 heteroatoms. The van der Waals surface area contributed by atoms with Crippen LogP contribution in [-0.4, -0.2) is 22.9 Å². The van der Waals surface area contributed by atoms with Crippen molar-refractivity contribution in [3.63, 3.8) is 0 Å². The molecule has 0 unspecified atom stereocenters. The van der Waals surface area contributed by atoms with E-state index in [-0.39, 0.29) is 29.2 Å². The molecule has 0 saturated heterocycles. The first-order valence-electron chi connectivity index (χ1n) is 7.50. The fourth-order valence-corrected chi connectivity index (χ4v) is 2.65. The number of esters is 1. The van der Waals surface area contributed by atoms with E-state index in [1.807, 2.05) is 0 Å². The van der Waals surface area contributed by atoms with Gasteiger partial charge in [0.15, 0.2) is 5.78 Å². The number of Topliss-reactive ketones (excluding diaryl/α,β-unsaturated/α-hetero) is 1. The van der Waals surface area contributed by atoms with Gasteiger partial charge in [0.1, 0.15) is 11.4 Å². The van der Waals surface area contributed by atoms with Crippen molar-refractivity contribution in [2.75, 3.05) is 6.61 Å². The highest BCUT2D eigenvalue weighted by atomic mass is 19.1. The summed E-state index contributed by atoms with van der Waals surface area (Å²) in [7, 11) is 0. The normalized spacial score (nSPS) is 14.0. The largest absolute Gasteiger partial charge is 0.462 e. The van der Waals surface area contributed by atoms with Crippen molar-refractivity contribution in [1.82, 2.24) is 4.57 Å². The molecule has 0 N–H and O–H groups in total. The van der Waals surface area contributed by atoms with Crippen molar-refractivity contribution in [3.8, 4) is 0 Å². The molecule has 3 rings (SSSR count). The SMILES string of the molecule is CCOC(=O)c1cn(C2CC2)c2cc(C(C)=O)c(F)cc2c1=O. The molecule has 2 aromatic rings. The second kappa shape index (κ2) is 5.61. The van der Waals surface area contributed by atoms with Crippen LogP contribution in [-0.2, 0) is 4.74 Å². The van der Waals surface area contributed by atoms with E-state index >= 15 is 0 Å². The van der Waals surface area contributed by atoms with Crippen LogP contribution in [0.25, 0.3) is 10.9 Å². The molecule has 1 aromatic heterocycles. The molecule has 23 heavy (non-hydrogen) atoms. The minimum atomic E-state index is -0.759. The first-order valence-corrected chi connectivity index (χ1v) is 7.50. The molecule has 5 nitrogen and oxygen atoms in total. The lowest BCUT2D eigenvalue weighted by atomic mass is 10.1. The Morgan fingerprint density at radius 2 is 2.00 bits per heavy atom. The Bertz CT molecular complexity index is 880. The van der Waals surface area contributed by atoms with Gasteiger partial charge in [0.25, 0.3) is 0 Å². The van der Waals surface area contributed by atoms with Gasteiger partial charge in [-0.25, -0.2) is 9.18 Å². The molecule has 0 amide bonds. The van der Waals surface area contributed by atoms with Gasteiger partial charge in [-0.05, 0) is 38.8 Å². The van der Waals surface area contributed by atoms with Gasteiger partial charge in [-0.15, -0.1) is 0 Å². The van der Waals surface area contributed by atoms with E-state index in [0.717, 1.165) is 18.9 Å². The molecule has 1 aliphatic carbocycles. The number of carbonyl (C=O) groups excluding carboxylic acids is 2. The Morgan fingerprint density at radius 3 is 2.57 bits per heavy atom. The molecule has 1 fully saturated rings. The van der Waals surface area contributed by atoms with Gasteiger partial charge < -0.3 is 9.30 Å². The molecule has 1 aromatic carbocycles. The van der Waals surface area contributed by atoms with E-state index < -0.39 is 23.0 Å². The Balaban J connectivity index is 2.33. The molecule has 1 aliphatic rings. The highest BCUT2D eigenvalue weighted by Gasteiger charge is 2.28. The zero-order valence-electron chi connectivity index (χ0n) is 12.9. The number of nitrogens with zero attached hydrogens (tertiary/aromatic N) is 1. The van der Waals surface area contributed by atoms with Crippen LogP contribution in [0.5, 0.6) is 0 Å². The predicted molar refractivity (Wildman–Crippen MR) is 82.4 cm³/mol. The third kappa shape index (κ3) is 2.65. The summed E-state index contributed by atoms with van der Waals surface area (Å²) in [5, 5.41) is 0.0879. The van der Waals surface area contributed by atoms with Gasteiger partial charge in [0, 0.05) is 17.6 Å². The first kappa shape index (κ1) is 15.4. The average Bonchev–Trinajstić information content (AvgIpc) is 3.32. The van der Waals surface area contributed by atoms with Crippen LogP contribution < -0.4 is 5.43 Å². The Kier molecular flexibility index (Phi) is 3.75. The first-order chi connectivity index (χ1) is 10.9. The molecule has 0 bridgehead atoms. The van der Waals surface area contributed by atoms with Crippen molar-refractivity contribution in [2.45, 2.75) is 32.7 Å². The number of aromatic nitrogens is 1. The van der Waals surface area contributed by atoms with Gasteiger partial charge in [-0.1, -0.05) is 0 Å². The third-order valence-electron chi connectivity index (χ3n) is 3.94. The number of rotatable bonds is 4. The number of ketones is 1. The van der Waals surface area contributed by atoms with E-state index in [0.29, 0.717) is 5.52 Å². The minimum Gasteiger partial charge on any atom is -0.462 e. The van der Waals surface area contributed by atoms with E-state index in [1.165, 1.54) is 19.2 Å². The van der Waals surface area contributed by atoms with Crippen LogP contribution in [0.4, 0.5) is 4.39 Å².